The van der Waals surface area contributed by atoms with Crippen LogP contribution in [-0.4, -0.2) is 33.5 Å². The van der Waals surface area contributed by atoms with Crippen molar-refractivity contribution in [3.8, 4) is 0 Å². The third-order valence-corrected chi connectivity index (χ3v) is 2.34. The van der Waals surface area contributed by atoms with Gasteiger partial charge in [0.25, 0.3) is 0 Å². The maximum absolute atomic E-state index is 12.0. The SMILES string of the molecule is CCCn1nncc1C(=O)C(C)(C)OC. The van der Waals surface area contributed by atoms with Gasteiger partial charge < -0.3 is 4.74 Å². The summed E-state index contributed by atoms with van der Waals surface area (Å²) in [6, 6.07) is 0. The van der Waals surface area contributed by atoms with Gasteiger partial charge in [0.15, 0.2) is 0 Å². The van der Waals surface area contributed by atoms with Crippen LogP contribution < -0.4 is 0 Å². The van der Waals surface area contributed by atoms with Gasteiger partial charge in [-0.05, 0) is 20.3 Å². The Morgan fingerprint density at radius 1 is 1.60 bits per heavy atom. The van der Waals surface area contributed by atoms with E-state index >= 15 is 0 Å². The maximum atomic E-state index is 12.0. The molecule has 15 heavy (non-hydrogen) atoms. The zero-order valence-electron chi connectivity index (χ0n) is 9.65. The minimum atomic E-state index is -0.826. The fourth-order valence-corrected chi connectivity index (χ4v) is 1.21. The average Bonchev–Trinajstić information content (AvgIpc) is 2.65. The number of hydrogen-bond donors (Lipinski definition) is 0. The van der Waals surface area contributed by atoms with Crippen LogP contribution in [-0.2, 0) is 11.3 Å². The molecule has 0 aliphatic rings. The predicted molar refractivity (Wildman–Crippen MR) is 55.7 cm³/mol. The highest BCUT2D eigenvalue weighted by molar-refractivity contribution is 6.00. The van der Waals surface area contributed by atoms with E-state index in [9.17, 15) is 4.79 Å². The second kappa shape index (κ2) is 4.53. The monoisotopic (exact) mass is 211 g/mol. The maximum Gasteiger partial charge on any atom is 0.213 e. The minimum absolute atomic E-state index is 0.0940. The highest BCUT2D eigenvalue weighted by Crippen LogP contribution is 2.15. The number of aromatic nitrogens is 3. The molecule has 1 rings (SSSR count). The molecule has 0 bridgehead atoms. The van der Waals surface area contributed by atoms with Crippen LogP contribution in [0, 0.1) is 0 Å². The smallest absolute Gasteiger partial charge is 0.213 e. The molecule has 1 aromatic heterocycles. The molecule has 0 fully saturated rings. The molecule has 1 heterocycles. The Morgan fingerprint density at radius 2 is 2.27 bits per heavy atom. The van der Waals surface area contributed by atoms with Crippen LogP contribution in [0.4, 0.5) is 0 Å². The van der Waals surface area contributed by atoms with Crippen molar-refractivity contribution >= 4 is 5.78 Å². The Bertz CT molecular complexity index is 344. The van der Waals surface area contributed by atoms with Crippen LogP contribution in [0.3, 0.4) is 0 Å². The number of nitrogens with zero attached hydrogens (tertiary/aromatic N) is 3. The van der Waals surface area contributed by atoms with Gasteiger partial charge >= 0.3 is 0 Å². The number of rotatable bonds is 5. The Kier molecular flexibility index (Phi) is 3.57. The quantitative estimate of drug-likeness (QED) is 0.689. The standard InChI is InChI=1S/C10H17N3O2/c1-5-6-13-8(7-11-12-13)9(14)10(2,3)15-4/h7H,5-6H2,1-4H3. The van der Waals surface area contributed by atoms with Crippen molar-refractivity contribution in [2.24, 2.45) is 0 Å². The van der Waals surface area contributed by atoms with Gasteiger partial charge in [0.2, 0.25) is 5.78 Å². The van der Waals surface area contributed by atoms with Crippen molar-refractivity contribution in [1.29, 1.82) is 0 Å². The molecule has 0 radical (unpaired) electrons. The fraction of sp³-hybridized carbons (Fsp3) is 0.700. The molecule has 5 heteroatoms. The zero-order chi connectivity index (χ0) is 11.5. The largest absolute Gasteiger partial charge is 0.371 e. The summed E-state index contributed by atoms with van der Waals surface area (Å²) in [5, 5.41) is 7.61. The lowest BCUT2D eigenvalue weighted by atomic mass is 10.0. The van der Waals surface area contributed by atoms with Gasteiger partial charge in [-0.3, -0.25) is 4.79 Å². The summed E-state index contributed by atoms with van der Waals surface area (Å²) in [5.41, 5.74) is -0.323. The number of aryl methyl sites for hydroxylation is 1. The number of Topliss-reactive ketones (excluding diaryl/α,β-unsaturated/α-hetero) is 1. The Morgan fingerprint density at radius 3 is 2.80 bits per heavy atom. The topological polar surface area (TPSA) is 57.0 Å². The second-order valence-electron chi connectivity index (χ2n) is 3.89. The first-order chi connectivity index (χ1) is 7.03. The van der Waals surface area contributed by atoms with Crippen molar-refractivity contribution in [2.45, 2.75) is 39.3 Å². The molecule has 0 unspecified atom stereocenters. The molecule has 1 aromatic rings. The molecule has 0 atom stereocenters. The first-order valence-electron chi connectivity index (χ1n) is 5.01. The van der Waals surface area contributed by atoms with Crippen LogP contribution in [0.25, 0.3) is 0 Å². The second-order valence-corrected chi connectivity index (χ2v) is 3.89. The first-order valence-corrected chi connectivity index (χ1v) is 5.01. The van der Waals surface area contributed by atoms with E-state index in [4.69, 9.17) is 4.74 Å². The van der Waals surface area contributed by atoms with E-state index < -0.39 is 5.60 Å². The van der Waals surface area contributed by atoms with Crippen LogP contribution >= 0.6 is 0 Å². The van der Waals surface area contributed by atoms with Gasteiger partial charge in [0, 0.05) is 13.7 Å². The average molecular weight is 211 g/mol. The van der Waals surface area contributed by atoms with Gasteiger partial charge in [0.05, 0.1) is 6.20 Å². The van der Waals surface area contributed by atoms with Gasteiger partial charge in [0.1, 0.15) is 11.3 Å². The summed E-state index contributed by atoms with van der Waals surface area (Å²) in [6.45, 7) is 6.19. The normalized spacial score (nSPS) is 11.7. The molecule has 0 aliphatic heterocycles. The molecule has 0 spiro atoms. The van der Waals surface area contributed by atoms with Gasteiger partial charge in [-0.25, -0.2) is 4.68 Å². The number of carbonyl (C=O) groups excluding carboxylic acids is 1. The lowest BCUT2D eigenvalue weighted by Gasteiger charge is -2.20. The van der Waals surface area contributed by atoms with Crippen molar-refractivity contribution in [3.63, 3.8) is 0 Å². The highest BCUT2D eigenvalue weighted by atomic mass is 16.5. The number of hydrogen-bond acceptors (Lipinski definition) is 4. The summed E-state index contributed by atoms with van der Waals surface area (Å²) in [5.74, 6) is -0.0940. The van der Waals surface area contributed by atoms with Crippen molar-refractivity contribution in [1.82, 2.24) is 15.0 Å². The number of carbonyl (C=O) groups is 1. The van der Waals surface area contributed by atoms with Crippen LogP contribution in [0.15, 0.2) is 6.20 Å². The lowest BCUT2D eigenvalue weighted by Crippen LogP contribution is -2.35. The Balaban J connectivity index is 2.96. The van der Waals surface area contributed by atoms with E-state index in [0.29, 0.717) is 12.2 Å². The number of ether oxygens (including phenoxy) is 1. The van der Waals surface area contributed by atoms with Gasteiger partial charge in [-0.2, -0.15) is 0 Å². The molecule has 0 saturated heterocycles. The third kappa shape index (κ3) is 2.41. The Labute approximate surface area is 89.4 Å². The number of methoxy groups -OCH3 is 1. The van der Waals surface area contributed by atoms with Crippen LogP contribution in [0.2, 0.25) is 0 Å². The van der Waals surface area contributed by atoms with Crippen molar-refractivity contribution in [2.75, 3.05) is 7.11 Å². The first kappa shape index (κ1) is 11.8. The summed E-state index contributed by atoms with van der Waals surface area (Å²) in [6.07, 6.45) is 2.40. The van der Waals surface area contributed by atoms with E-state index in [1.54, 1.807) is 18.5 Å². The highest BCUT2D eigenvalue weighted by Gasteiger charge is 2.30. The van der Waals surface area contributed by atoms with E-state index in [-0.39, 0.29) is 5.78 Å². The predicted octanol–water partition coefficient (Wildman–Crippen LogP) is 1.30. The van der Waals surface area contributed by atoms with E-state index in [2.05, 4.69) is 10.3 Å². The molecule has 5 nitrogen and oxygen atoms in total. The third-order valence-electron chi connectivity index (χ3n) is 2.34. The zero-order valence-corrected chi connectivity index (χ0v) is 9.65. The van der Waals surface area contributed by atoms with Gasteiger partial charge in [-0.1, -0.05) is 12.1 Å². The summed E-state index contributed by atoms with van der Waals surface area (Å²) in [4.78, 5) is 12.0. The summed E-state index contributed by atoms with van der Waals surface area (Å²) < 4.78 is 6.75. The van der Waals surface area contributed by atoms with Gasteiger partial charge in [-0.15, -0.1) is 5.10 Å². The van der Waals surface area contributed by atoms with E-state index in [1.807, 2.05) is 6.92 Å². The molecule has 0 amide bonds. The lowest BCUT2D eigenvalue weighted by molar-refractivity contribution is 0.0218. The molecule has 0 saturated carbocycles. The molecular formula is C10H17N3O2. The molecule has 0 aliphatic carbocycles. The Hall–Kier alpha value is -1.23. The molecular weight excluding hydrogens is 194 g/mol. The van der Waals surface area contributed by atoms with Crippen molar-refractivity contribution < 1.29 is 9.53 Å². The van der Waals surface area contributed by atoms with E-state index in [0.717, 1.165) is 6.42 Å². The van der Waals surface area contributed by atoms with Crippen molar-refractivity contribution in [3.05, 3.63) is 11.9 Å². The molecule has 0 aromatic carbocycles. The summed E-state index contributed by atoms with van der Waals surface area (Å²) >= 11 is 0. The summed E-state index contributed by atoms with van der Waals surface area (Å²) in [7, 11) is 1.52. The molecule has 0 N–H and O–H groups in total. The fourth-order valence-electron chi connectivity index (χ4n) is 1.21. The minimum Gasteiger partial charge on any atom is -0.371 e. The van der Waals surface area contributed by atoms with E-state index in [1.165, 1.54) is 13.3 Å². The van der Waals surface area contributed by atoms with Crippen LogP contribution in [0.5, 0.6) is 0 Å². The van der Waals surface area contributed by atoms with Crippen LogP contribution in [0.1, 0.15) is 37.7 Å². The molecule has 84 valence electrons. The number of ketones is 1.